The molecule has 21 heavy (non-hydrogen) atoms. The Balaban J connectivity index is 1.46. The van der Waals surface area contributed by atoms with Crippen molar-refractivity contribution in [3.8, 4) is 0 Å². The number of aliphatic carboxylic acids is 1. The Labute approximate surface area is 123 Å². The second-order valence-corrected chi connectivity index (χ2v) is 5.74. The summed E-state index contributed by atoms with van der Waals surface area (Å²) in [6.45, 7) is 1.71. The van der Waals surface area contributed by atoms with E-state index >= 15 is 0 Å². The van der Waals surface area contributed by atoms with E-state index in [-0.39, 0.29) is 17.9 Å². The molecular formula is C15H19N3O3. The van der Waals surface area contributed by atoms with Crippen molar-refractivity contribution in [3.05, 3.63) is 24.4 Å². The predicted octanol–water partition coefficient (Wildman–Crippen LogP) is 0.887. The fraction of sp³-hybridized carbons (Fsp3) is 0.533. The van der Waals surface area contributed by atoms with Gasteiger partial charge in [0, 0.05) is 25.3 Å². The smallest absolute Gasteiger partial charge is 0.307 e. The number of carboxylic acids is 1. The first-order chi connectivity index (χ1) is 10.1. The number of carbonyl (C=O) groups excluding carboxylic acids is 1. The number of hydrogen-bond donors (Lipinski definition) is 2. The largest absolute Gasteiger partial charge is 0.481 e. The molecule has 2 fully saturated rings. The van der Waals surface area contributed by atoms with Crippen LogP contribution in [0.2, 0.25) is 0 Å². The number of pyridine rings is 1. The van der Waals surface area contributed by atoms with Crippen LogP contribution in [0.15, 0.2) is 24.4 Å². The number of carboxylic acid groups (broad SMARTS) is 1. The number of amides is 1. The van der Waals surface area contributed by atoms with Gasteiger partial charge in [0.2, 0.25) is 5.91 Å². The first kappa shape index (κ1) is 13.9. The molecule has 1 aromatic rings. The molecule has 1 amide bonds. The van der Waals surface area contributed by atoms with Crippen molar-refractivity contribution >= 4 is 17.7 Å². The standard InChI is InChI=1S/C15H19N3O3/c19-14(11-9-12(11)15(20)21)17-10-4-7-18(8-5-10)13-3-1-2-6-16-13/h1-3,6,10-12H,4-5,7-9H2,(H,17,19)(H,20,21). The lowest BCUT2D eigenvalue weighted by molar-refractivity contribution is -0.140. The fourth-order valence-electron chi connectivity index (χ4n) is 2.86. The van der Waals surface area contributed by atoms with Crippen molar-refractivity contribution in [2.45, 2.75) is 25.3 Å². The summed E-state index contributed by atoms with van der Waals surface area (Å²) in [4.78, 5) is 29.3. The van der Waals surface area contributed by atoms with Crippen LogP contribution in [0.25, 0.3) is 0 Å². The van der Waals surface area contributed by atoms with Crippen LogP contribution in [0, 0.1) is 11.8 Å². The van der Waals surface area contributed by atoms with E-state index in [1.807, 2.05) is 18.2 Å². The summed E-state index contributed by atoms with van der Waals surface area (Å²) in [6, 6.07) is 5.99. The average Bonchev–Trinajstić information content (AvgIpc) is 3.30. The Bertz CT molecular complexity index is 526. The van der Waals surface area contributed by atoms with Crippen LogP contribution in [0.5, 0.6) is 0 Å². The Morgan fingerprint density at radius 3 is 2.57 bits per heavy atom. The van der Waals surface area contributed by atoms with E-state index in [0.29, 0.717) is 6.42 Å². The van der Waals surface area contributed by atoms with Crippen molar-refractivity contribution < 1.29 is 14.7 Å². The molecule has 2 unspecified atom stereocenters. The van der Waals surface area contributed by atoms with Gasteiger partial charge in [-0.15, -0.1) is 0 Å². The average molecular weight is 289 g/mol. The van der Waals surface area contributed by atoms with Crippen molar-refractivity contribution in [1.29, 1.82) is 0 Å². The van der Waals surface area contributed by atoms with Crippen molar-refractivity contribution in [2.75, 3.05) is 18.0 Å². The van der Waals surface area contributed by atoms with E-state index < -0.39 is 11.9 Å². The Kier molecular flexibility index (Phi) is 3.77. The number of anilines is 1. The quantitative estimate of drug-likeness (QED) is 0.860. The zero-order valence-corrected chi connectivity index (χ0v) is 11.7. The first-order valence-electron chi connectivity index (χ1n) is 7.34. The van der Waals surface area contributed by atoms with Gasteiger partial charge in [0.25, 0.3) is 0 Å². The SMILES string of the molecule is O=C(O)C1CC1C(=O)NC1CCN(c2ccccn2)CC1. The third kappa shape index (κ3) is 3.15. The third-order valence-electron chi connectivity index (χ3n) is 4.26. The Hall–Kier alpha value is -2.11. The van der Waals surface area contributed by atoms with E-state index in [0.717, 1.165) is 31.7 Å². The van der Waals surface area contributed by atoms with Gasteiger partial charge in [-0.3, -0.25) is 9.59 Å². The maximum atomic E-state index is 11.9. The van der Waals surface area contributed by atoms with Crippen LogP contribution in [-0.4, -0.2) is 41.1 Å². The molecule has 2 heterocycles. The van der Waals surface area contributed by atoms with E-state index in [2.05, 4.69) is 15.2 Å². The molecule has 2 N–H and O–H groups in total. The van der Waals surface area contributed by atoms with Gasteiger partial charge in [-0.1, -0.05) is 6.07 Å². The van der Waals surface area contributed by atoms with Gasteiger partial charge in [0.15, 0.2) is 0 Å². The molecule has 1 saturated heterocycles. The molecule has 6 heteroatoms. The van der Waals surface area contributed by atoms with Gasteiger partial charge in [0.05, 0.1) is 11.8 Å². The zero-order chi connectivity index (χ0) is 14.8. The molecule has 0 aromatic carbocycles. The molecule has 1 aliphatic carbocycles. The Morgan fingerprint density at radius 2 is 2.00 bits per heavy atom. The molecule has 6 nitrogen and oxygen atoms in total. The van der Waals surface area contributed by atoms with Gasteiger partial charge in [0.1, 0.15) is 5.82 Å². The van der Waals surface area contributed by atoms with Crippen LogP contribution in [-0.2, 0) is 9.59 Å². The van der Waals surface area contributed by atoms with E-state index in [1.54, 1.807) is 6.20 Å². The summed E-state index contributed by atoms with van der Waals surface area (Å²) in [7, 11) is 0. The highest BCUT2D eigenvalue weighted by Gasteiger charge is 2.48. The number of rotatable bonds is 4. The van der Waals surface area contributed by atoms with Gasteiger partial charge in [-0.2, -0.15) is 0 Å². The molecular weight excluding hydrogens is 270 g/mol. The number of aromatic nitrogens is 1. The molecule has 1 aliphatic heterocycles. The van der Waals surface area contributed by atoms with Gasteiger partial charge >= 0.3 is 5.97 Å². The van der Waals surface area contributed by atoms with Crippen molar-refractivity contribution in [2.24, 2.45) is 11.8 Å². The minimum Gasteiger partial charge on any atom is -0.481 e. The molecule has 1 aromatic heterocycles. The van der Waals surface area contributed by atoms with Crippen LogP contribution in [0.4, 0.5) is 5.82 Å². The lowest BCUT2D eigenvalue weighted by Gasteiger charge is -2.33. The molecule has 112 valence electrons. The first-order valence-corrected chi connectivity index (χ1v) is 7.34. The topological polar surface area (TPSA) is 82.5 Å². The maximum Gasteiger partial charge on any atom is 0.307 e. The number of hydrogen-bond acceptors (Lipinski definition) is 4. The number of nitrogens with zero attached hydrogens (tertiary/aromatic N) is 2. The molecule has 0 radical (unpaired) electrons. The maximum absolute atomic E-state index is 11.9. The second-order valence-electron chi connectivity index (χ2n) is 5.74. The molecule has 2 aliphatic rings. The second kappa shape index (κ2) is 5.71. The van der Waals surface area contributed by atoms with Crippen molar-refractivity contribution in [3.63, 3.8) is 0 Å². The highest BCUT2D eigenvalue weighted by molar-refractivity contribution is 5.89. The van der Waals surface area contributed by atoms with Gasteiger partial charge in [-0.25, -0.2) is 4.98 Å². The number of nitrogens with one attached hydrogen (secondary N) is 1. The zero-order valence-electron chi connectivity index (χ0n) is 11.7. The monoisotopic (exact) mass is 289 g/mol. The molecule has 0 spiro atoms. The van der Waals surface area contributed by atoms with Gasteiger partial charge < -0.3 is 15.3 Å². The Morgan fingerprint density at radius 1 is 1.24 bits per heavy atom. The van der Waals surface area contributed by atoms with Crippen LogP contribution < -0.4 is 10.2 Å². The summed E-state index contributed by atoms with van der Waals surface area (Å²) in [5, 5.41) is 11.8. The van der Waals surface area contributed by atoms with Crippen molar-refractivity contribution in [1.82, 2.24) is 10.3 Å². The fourth-order valence-corrected chi connectivity index (χ4v) is 2.86. The lowest BCUT2D eigenvalue weighted by Crippen LogP contribution is -2.45. The molecule has 0 bridgehead atoms. The molecule has 2 atom stereocenters. The molecule has 3 rings (SSSR count). The summed E-state index contributed by atoms with van der Waals surface area (Å²) in [6.07, 6.45) is 4.00. The number of piperidine rings is 1. The van der Waals surface area contributed by atoms with Crippen LogP contribution in [0.3, 0.4) is 0 Å². The summed E-state index contributed by atoms with van der Waals surface area (Å²) < 4.78 is 0. The summed E-state index contributed by atoms with van der Waals surface area (Å²) in [5.41, 5.74) is 0. The van der Waals surface area contributed by atoms with Crippen LogP contribution >= 0.6 is 0 Å². The summed E-state index contributed by atoms with van der Waals surface area (Å²) in [5.74, 6) is -0.788. The van der Waals surface area contributed by atoms with E-state index in [9.17, 15) is 9.59 Å². The summed E-state index contributed by atoms with van der Waals surface area (Å²) >= 11 is 0. The van der Waals surface area contributed by atoms with E-state index in [4.69, 9.17) is 5.11 Å². The van der Waals surface area contributed by atoms with Crippen LogP contribution in [0.1, 0.15) is 19.3 Å². The highest BCUT2D eigenvalue weighted by atomic mass is 16.4. The normalized spacial score (nSPS) is 25.4. The van der Waals surface area contributed by atoms with Gasteiger partial charge in [-0.05, 0) is 31.4 Å². The van der Waals surface area contributed by atoms with E-state index in [1.165, 1.54) is 0 Å². The predicted molar refractivity (Wildman–Crippen MR) is 76.8 cm³/mol. The molecule has 1 saturated carbocycles. The lowest BCUT2D eigenvalue weighted by atomic mass is 10.0. The highest BCUT2D eigenvalue weighted by Crippen LogP contribution is 2.38. The minimum absolute atomic E-state index is 0.0984. The minimum atomic E-state index is -0.861. The third-order valence-corrected chi connectivity index (χ3v) is 4.26. The number of carbonyl (C=O) groups is 2.